The van der Waals surface area contributed by atoms with Gasteiger partial charge in [0.15, 0.2) is 0 Å². The quantitative estimate of drug-likeness (QED) is 0.166. The van der Waals surface area contributed by atoms with E-state index in [1.165, 1.54) is 36.7 Å². The number of nitrogen functional groups attached to an aromatic ring is 1. The molecule has 0 spiro atoms. The van der Waals surface area contributed by atoms with Gasteiger partial charge in [-0.1, -0.05) is 34.0 Å². The van der Waals surface area contributed by atoms with Crippen molar-refractivity contribution in [2.24, 2.45) is 5.92 Å². The van der Waals surface area contributed by atoms with Crippen LogP contribution in [0.1, 0.15) is 67.7 Å². The van der Waals surface area contributed by atoms with Crippen LogP contribution in [0.15, 0.2) is 47.4 Å². The van der Waals surface area contributed by atoms with Crippen LogP contribution in [0.2, 0.25) is 0 Å². The molecule has 0 aromatic heterocycles. The molecule has 0 radical (unpaired) electrons. The van der Waals surface area contributed by atoms with Crippen molar-refractivity contribution in [2.75, 3.05) is 52.3 Å². The highest BCUT2D eigenvalue weighted by molar-refractivity contribution is 7.89. The monoisotopic (exact) mass is 648 g/mol. The lowest BCUT2D eigenvalue weighted by molar-refractivity contribution is 0.0471. The first-order chi connectivity index (χ1) is 20.9. The lowest BCUT2D eigenvalue weighted by Crippen LogP contribution is -2.51. The largest absolute Gasteiger partial charge is 0.497 e. The number of nitrogens with one attached hydrogen (secondary N) is 1. The van der Waals surface area contributed by atoms with Crippen molar-refractivity contribution in [1.29, 1.82) is 0 Å². The van der Waals surface area contributed by atoms with Crippen molar-refractivity contribution >= 4 is 42.0 Å². The number of rotatable bonds is 19. The van der Waals surface area contributed by atoms with E-state index in [1.807, 2.05) is 27.7 Å². The molecule has 0 saturated carbocycles. The number of amides is 2. The summed E-state index contributed by atoms with van der Waals surface area (Å²) < 4.78 is 40.0. The molecule has 10 nitrogen and oxygen atoms in total. The van der Waals surface area contributed by atoms with E-state index in [0.717, 1.165) is 21.0 Å². The molecule has 0 saturated heterocycles. The number of benzene rings is 2. The lowest BCUT2D eigenvalue weighted by atomic mass is 10.0. The van der Waals surface area contributed by atoms with Crippen molar-refractivity contribution in [1.82, 2.24) is 14.5 Å². The zero-order chi connectivity index (χ0) is 32.9. The SMILES string of the molecule is C=PCCC(NC(=O)c1cc(N)cc(C(=O)N(CCC)CCC)c1)C(CN(CC(C)C)S(=O)(=O)c1ccc(OC)cc1)OC. The van der Waals surface area contributed by atoms with E-state index in [4.69, 9.17) is 15.2 Å². The lowest BCUT2D eigenvalue weighted by Gasteiger charge is -2.32. The summed E-state index contributed by atoms with van der Waals surface area (Å²) in [7, 11) is 0.0157. The fourth-order valence-corrected chi connectivity index (χ4v) is 6.99. The predicted octanol–water partition coefficient (Wildman–Crippen LogP) is 4.77. The fraction of sp³-hybridized carbons (Fsp3) is 0.531. The summed E-state index contributed by atoms with van der Waals surface area (Å²) in [6, 6.07) is 10.4. The average Bonchev–Trinajstić information content (AvgIpc) is 3.00. The Hall–Kier alpha value is -2.98. The number of hydrogen-bond acceptors (Lipinski definition) is 7. The molecule has 0 bridgehead atoms. The van der Waals surface area contributed by atoms with Gasteiger partial charge in [-0.2, -0.15) is 4.31 Å². The van der Waals surface area contributed by atoms with Crippen LogP contribution in [0.4, 0.5) is 5.69 Å². The summed E-state index contributed by atoms with van der Waals surface area (Å²) in [4.78, 5) is 28.8. The number of sulfonamides is 1. The highest BCUT2D eigenvalue weighted by atomic mass is 32.2. The summed E-state index contributed by atoms with van der Waals surface area (Å²) in [5.74, 6) is -0.00960. The van der Waals surface area contributed by atoms with Gasteiger partial charge in [0.2, 0.25) is 10.0 Å². The second-order valence-corrected chi connectivity index (χ2v) is 13.9. The van der Waals surface area contributed by atoms with Gasteiger partial charge in [-0.15, -0.1) is 8.20 Å². The summed E-state index contributed by atoms with van der Waals surface area (Å²) in [6.07, 6.45) is 6.03. The van der Waals surface area contributed by atoms with Gasteiger partial charge in [0.05, 0.1) is 24.2 Å². The van der Waals surface area contributed by atoms with Crippen molar-refractivity contribution in [2.45, 2.75) is 64.0 Å². The Bertz CT molecular complexity index is 1330. The van der Waals surface area contributed by atoms with Gasteiger partial charge in [-0.3, -0.25) is 9.59 Å². The number of carbonyl (C=O) groups is 2. The van der Waals surface area contributed by atoms with Gasteiger partial charge < -0.3 is 25.4 Å². The molecule has 2 aromatic carbocycles. The van der Waals surface area contributed by atoms with Crippen molar-refractivity contribution in [3.05, 3.63) is 53.6 Å². The molecule has 2 atom stereocenters. The highest BCUT2D eigenvalue weighted by Gasteiger charge is 2.32. The third-order valence-electron chi connectivity index (χ3n) is 7.05. The van der Waals surface area contributed by atoms with Gasteiger partial charge >= 0.3 is 0 Å². The van der Waals surface area contributed by atoms with Crippen LogP contribution in [-0.4, -0.2) is 94.4 Å². The average molecular weight is 649 g/mol. The minimum absolute atomic E-state index is 0.0195. The molecule has 2 aromatic rings. The van der Waals surface area contributed by atoms with E-state index in [0.29, 0.717) is 42.7 Å². The summed E-state index contributed by atoms with van der Waals surface area (Å²) in [5.41, 5.74) is 7.05. The molecule has 3 N–H and O–H groups in total. The number of hydrogen-bond donors (Lipinski definition) is 2. The Kier molecular flexibility index (Phi) is 15.3. The molecule has 12 heteroatoms. The molecule has 0 aliphatic rings. The molecule has 2 amide bonds. The molecule has 0 aliphatic heterocycles. The van der Waals surface area contributed by atoms with Crippen LogP contribution in [-0.2, 0) is 14.8 Å². The summed E-state index contributed by atoms with van der Waals surface area (Å²) in [6.45, 7) is 9.40. The third kappa shape index (κ3) is 10.6. The number of carbonyl (C=O) groups excluding carboxylic acids is 2. The number of anilines is 1. The van der Waals surface area contributed by atoms with Crippen molar-refractivity contribution in [3.63, 3.8) is 0 Å². The van der Waals surface area contributed by atoms with Gasteiger partial charge in [0, 0.05) is 50.1 Å². The Morgan fingerprint density at radius 1 is 1.00 bits per heavy atom. The second-order valence-electron chi connectivity index (χ2n) is 11.1. The van der Waals surface area contributed by atoms with Crippen molar-refractivity contribution < 1.29 is 27.5 Å². The highest BCUT2D eigenvalue weighted by Crippen LogP contribution is 2.23. The fourth-order valence-electron chi connectivity index (χ4n) is 4.92. The number of ether oxygens (including phenoxy) is 2. The molecular weight excluding hydrogens is 599 g/mol. The van der Waals surface area contributed by atoms with Crippen LogP contribution in [0.3, 0.4) is 0 Å². The van der Waals surface area contributed by atoms with Crippen LogP contribution in [0.5, 0.6) is 5.75 Å². The summed E-state index contributed by atoms with van der Waals surface area (Å²) in [5, 5.41) is 3.04. The Morgan fingerprint density at radius 3 is 2.14 bits per heavy atom. The molecule has 2 unspecified atom stereocenters. The first kappa shape index (κ1) is 37.2. The van der Waals surface area contributed by atoms with E-state index in [2.05, 4.69) is 11.6 Å². The maximum atomic E-state index is 13.8. The molecule has 0 heterocycles. The Balaban J connectivity index is 2.39. The predicted molar refractivity (Wildman–Crippen MR) is 180 cm³/mol. The van der Waals surface area contributed by atoms with Crippen LogP contribution in [0, 0.1) is 5.92 Å². The maximum Gasteiger partial charge on any atom is 0.253 e. The molecule has 0 fully saturated rings. The van der Waals surface area contributed by atoms with Crippen LogP contribution < -0.4 is 15.8 Å². The normalized spacial score (nSPS) is 13.2. The standard InChI is InChI=1S/C32H49N4O6PS/c1-8-15-35(16-9-2)32(38)25-18-24(19-26(33)20-25)31(37)34-29(14-17-43-7)30(42-6)22-36(21-23(3)4)44(39,40)28-12-10-27(41-5)11-13-28/h10-13,18-20,23,29-30H,7-9,14-17,21-22,33H2,1-6H3,(H,34,37). The topological polar surface area (TPSA) is 131 Å². The van der Waals surface area contributed by atoms with Gasteiger partial charge in [0.25, 0.3) is 11.8 Å². The number of nitrogens with two attached hydrogens (primary N) is 1. The smallest absolute Gasteiger partial charge is 0.253 e. The maximum absolute atomic E-state index is 13.8. The van der Waals surface area contributed by atoms with Crippen LogP contribution in [0.25, 0.3) is 0 Å². The minimum Gasteiger partial charge on any atom is -0.497 e. The molecule has 44 heavy (non-hydrogen) atoms. The molecule has 2 rings (SSSR count). The second kappa shape index (κ2) is 18.1. The van der Waals surface area contributed by atoms with E-state index in [1.54, 1.807) is 29.2 Å². The van der Waals surface area contributed by atoms with E-state index < -0.39 is 28.1 Å². The molecular formula is C32H49N4O6PS. The van der Waals surface area contributed by atoms with E-state index >= 15 is 0 Å². The zero-order valence-electron chi connectivity index (χ0n) is 26.9. The first-order valence-corrected chi connectivity index (χ1v) is 17.7. The zero-order valence-corrected chi connectivity index (χ0v) is 28.6. The van der Waals surface area contributed by atoms with E-state index in [9.17, 15) is 18.0 Å². The van der Waals surface area contributed by atoms with Gasteiger partial charge in [0.1, 0.15) is 5.75 Å². The Morgan fingerprint density at radius 2 is 1.61 bits per heavy atom. The van der Waals surface area contributed by atoms with Gasteiger partial charge in [-0.05, 0) is 73.8 Å². The molecule has 244 valence electrons. The Labute approximate surface area is 265 Å². The molecule has 0 aliphatic carbocycles. The van der Waals surface area contributed by atoms with Crippen molar-refractivity contribution in [3.8, 4) is 5.75 Å². The summed E-state index contributed by atoms with van der Waals surface area (Å²) >= 11 is 0. The number of methoxy groups -OCH3 is 2. The minimum atomic E-state index is -3.89. The first-order valence-electron chi connectivity index (χ1n) is 15.0. The van der Waals surface area contributed by atoms with Crippen LogP contribution >= 0.6 is 8.20 Å². The van der Waals surface area contributed by atoms with Gasteiger partial charge in [-0.25, -0.2) is 8.42 Å². The third-order valence-corrected chi connectivity index (χ3v) is 9.47. The van der Waals surface area contributed by atoms with E-state index in [-0.39, 0.29) is 35.4 Å². The number of nitrogens with zero attached hydrogens (tertiary/aromatic N) is 2.